The van der Waals surface area contributed by atoms with Gasteiger partial charge in [-0.05, 0) is 0 Å². The van der Waals surface area contributed by atoms with Crippen molar-refractivity contribution in [2.75, 3.05) is 14.1 Å². The Labute approximate surface area is 129 Å². The van der Waals surface area contributed by atoms with E-state index in [2.05, 4.69) is 0 Å². The number of benzene rings is 1. The monoisotopic (exact) mass is 365 g/mol. The van der Waals surface area contributed by atoms with Gasteiger partial charge in [-0.2, -0.15) is 0 Å². The van der Waals surface area contributed by atoms with Crippen molar-refractivity contribution in [3.8, 4) is 11.5 Å². The van der Waals surface area contributed by atoms with Crippen LogP contribution in [0.25, 0.3) is 0 Å². The molecule has 0 N–H and O–H groups in total. The Hall–Kier alpha value is -0.100. The van der Waals surface area contributed by atoms with Crippen LogP contribution in [0.2, 0.25) is 0 Å². The quantitative estimate of drug-likeness (QED) is 0.497. The molecule has 20 heavy (non-hydrogen) atoms. The molecule has 0 aliphatic carbocycles. The zero-order chi connectivity index (χ0) is 15.0. The molecule has 0 atom stereocenters. The van der Waals surface area contributed by atoms with E-state index in [-0.39, 0.29) is 11.5 Å². The predicted molar refractivity (Wildman–Crippen MR) is 76.4 cm³/mol. The summed E-state index contributed by atoms with van der Waals surface area (Å²) in [4.78, 5) is 0. The van der Waals surface area contributed by atoms with E-state index in [1.54, 1.807) is 12.1 Å². The summed E-state index contributed by atoms with van der Waals surface area (Å²) in [6.07, 6.45) is -1.16. The van der Waals surface area contributed by atoms with Gasteiger partial charge in [-0.25, -0.2) is 0 Å². The molecule has 1 aromatic rings. The fourth-order valence-electron chi connectivity index (χ4n) is 2.56. The second-order valence-corrected chi connectivity index (χ2v) is 11.1. The van der Waals surface area contributed by atoms with Gasteiger partial charge in [0.15, 0.2) is 0 Å². The fraction of sp³-hybridized carbons (Fsp3) is 0.400. The van der Waals surface area contributed by atoms with E-state index in [0.29, 0.717) is 9.34 Å². The molecule has 1 saturated heterocycles. The molecule has 10 heteroatoms. The van der Waals surface area contributed by atoms with Crippen LogP contribution in [0.4, 0.5) is 8.39 Å². The van der Waals surface area contributed by atoms with Crippen LogP contribution in [0.3, 0.4) is 0 Å². The third-order valence-electron chi connectivity index (χ3n) is 3.70. The first-order valence-electron chi connectivity index (χ1n) is 5.61. The molecule has 0 aromatic heterocycles. The zero-order valence-corrected chi connectivity index (χ0v) is 13.6. The van der Waals surface area contributed by atoms with Crippen LogP contribution in [-0.4, -0.2) is 33.4 Å². The summed E-state index contributed by atoms with van der Waals surface area (Å²) in [5, 5.41) is 0. The number of alkyl halides is 3. The van der Waals surface area contributed by atoms with Gasteiger partial charge in [-0.3, -0.25) is 0 Å². The van der Waals surface area contributed by atoms with Crippen LogP contribution in [-0.2, 0) is 0 Å². The number of rotatable bonds is 0. The van der Waals surface area contributed by atoms with Crippen molar-refractivity contribution in [1.29, 1.82) is 0 Å². The number of hydrogen-bond donors (Lipinski definition) is 0. The molecule has 114 valence electrons. The first kappa shape index (κ1) is 14.8. The predicted octanol–water partition coefficient (Wildman–Crippen LogP) is 4.55. The molecule has 0 unspecified atom stereocenters. The third kappa shape index (κ3) is 1.47. The molecule has 2 heterocycles. The van der Waals surface area contributed by atoms with E-state index in [0.717, 1.165) is 14.1 Å². The summed E-state index contributed by atoms with van der Waals surface area (Å²) in [7, 11) is -4.61. The van der Waals surface area contributed by atoms with Crippen molar-refractivity contribution in [3.63, 3.8) is 0 Å². The summed E-state index contributed by atoms with van der Waals surface area (Å²) in [5.74, 6) is -0.0657. The number of hydrogen-bond acceptors (Lipinski definition) is 4. The van der Waals surface area contributed by atoms with Gasteiger partial charge >= 0.3 is 129 Å². The summed E-state index contributed by atoms with van der Waals surface area (Å²) in [6.45, 7) is 0. The molecule has 0 saturated carbocycles. The van der Waals surface area contributed by atoms with Gasteiger partial charge in [-0.1, -0.05) is 0 Å². The topological polar surface area (TPSA) is 24.9 Å². The number of halogens is 5. The Morgan fingerprint density at radius 2 is 1.45 bits per heavy atom. The Morgan fingerprint density at radius 1 is 1.05 bits per heavy atom. The Balaban J connectivity index is 2.10. The molecule has 2 aliphatic rings. The standard InChI is InChI=1S/C10H11Cl3F2N2O2P/c1-16-9(10(11,12)13)17(2)20(16,14,15)18-7-5-3-4-6-8(7)19-20/h3-6,9H,1-2H3/q-1. The minimum absolute atomic E-state index is 0.0328. The molecule has 0 radical (unpaired) electrons. The molecule has 1 spiro atoms. The molecule has 3 rings (SSSR count). The minimum atomic E-state index is -6.85. The van der Waals surface area contributed by atoms with Gasteiger partial charge in [0, 0.05) is 0 Å². The van der Waals surface area contributed by atoms with Gasteiger partial charge in [0.2, 0.25) is 0 Å². The van der Waals surface area contributed by atoms with Crippen LogP contribution in [0, 0.1) is 0 Å². The normalized spacial score (nSPS) is 33.6. The van der Waals surface area contributed by atoms with Crippen LogP contribution in [0.1, 0.15) is 0 Å². The van der Waals surface area contributed by atoms with Crippen molar-refractivity contribution in [1.82, 2.24) is 9.34 Å². The van der Waals surface area contributed by atoms with Crippen LogP contribution < -0.4 is 9.05 Å². The van der Waals surface area contributed by atoms with Crippen LogP contribution in [0.15, 0.2) is 24.3 Å². The van der Waals surface area contributed by atoms with E-state index in [4.69, 9.17) is 43.9 Å². The summed E-state index contributed by atoms with van der Waals surface area (Å²) < 4.78 is 40.4. The van der Waals surface area contributed by atoms with Crippen molar-refractivity contribution < 1.29 is 17.4 Å². The van der Waals surface area contributed by atoms with E-state index >= 15 is 8.39 Å². The number of fused-ring (bicyclic) bond motifs is 1. The van der Waals surface area contributed by atoms with Crippen molar-refractivity contribution in [2.45, 2.75) is 9.96 Å². The van der Waals surface area contributed by atoms with Crippen molar-refractivity contribution >= 4 is 42.1 Å². The SMILES string of the molecule is CN1C(C(Cl)(Cl)Cl)N(C)[P-]12(F)(F)Oc1ccccc1O2. The average molecular weight is 367 g/mol. The molecule has 1 aromatic carbocycles. The third-order valence-corrected chi connectivity index (χ3v) is 8.41. The molecule has 0 amide bonds. The Kier molecular flexibility index (Phi) is 2.56. The first-order chi connectivity index (χ1) is 8.94. The van der Waals surface area contributed by atoms with Gasteiger partial charge in [0.05, 0.1) is 0 Å². The van der Waals surface area contributed by atoms with E-state index in [1.807, 2.05) is 0 Å². The zero-order valence-electron chi connectivity index (χ0n) is 10.4. The summed E-state index contributed by atoms with van der Waals surface area (Å²) in [6, 6.07) is 5.97. The van der Waals surface area contributed by atoms with Crippen LogP contribution >= 0.6 is 42.1 Å². The first-order valence-corrected chi connectivity index (χ1v) is 8.95. The number of para-hydroxylation sites is 2. The van der Waals surface area contributed by atoms with E-state index in [1.165, 1.54) is 12.1 Å². The van der Waals surface area contributed by atoms with Gasteiger partial charge in [0.1, 0.15) is 0 Å². The van der Waals surface area contributed by atoms with Crippen molar-refractivity contribution in [2.24, 2.45) is 0 Å². The van der Waals surface area contributed by atoms with Gasteiger partial charge < -0.3 is 0 Å². The molecular weight excluding hydrogens is 355 g/mol. The average Bonchev–Trinajstić information content (AvgIpc) is 2.59. The summed E-state index contributed by atoms with van der Waals surface area (Å²) in [5.41, 5.74) is 0. The fourth-order valence-corrected chi connectivity index (χ4v) is 7.35. The van der Waals surface area contributed by atoms with E-state index < -0.39 is 17.3 Å². The van der Waals surface area contributed by atoms with Gasteiger partial charge in [0.25, 0.3) is 0 Å². The Bertz CT molecular complexity index is 580. The van der Waals surface area contributed by atoms with Crippen LogP contribution in [0.5, 0.6) is 11.5 Å². The molecule has 0 bridgehead atoms. The molecule has 1 fully saturated rings. The maximum absolute atomic E-state index is 15.6. The Morgan fingerprint density at radius 3 is 1.80 bits per heavy atom. The second-order valence-electron chi connectivity index (χ2n) is 4.82. The van der Waals surface area contributed by atoms with Gasteiger partial charge in [-0.15, -0.1) is 0 Å². The number of nitrogens with zero attached hydrogens (tertiary/aromatic N) is 2. The van der Waals surface area contributed by atoms with Crippen molar-refractivity contribution in [3.05, 3.63) is 24.3 Å². The molecule has 2 aliphatic heterocycles. The second kappa shape index (κ2) is 3.45. The molecular formula is C10H11Cl3F2N2O2P-. The van der Waals surface area contributed by atoms with E-state index in [9.17, 15) is 0 Å². The summed E-state index contributed by atoms with van der Waals surface area (Å²) >= 11 is 17.2. The maximum atomic E-state index is 15.6. The molecule has 4 nitrogen and oxygen atoms in total.